The molecule has 0 aromatic carbocycles. The zero-order valence-electron chi connectivity index (χ0n) is 17.5. The number of ether oxygens (including phenoxy) is 1. The number of guanidine groups is 1. The van der Waals surface area contributed by atoms with Gasteiger partial charge in [0.2, 0.25) is 0 Å². The first-order chi connectivity index (χ1) is 12.8. The van der Waals surface area contributed by atoms with Crippen LogP contribution in [0.3, 0.4) is 0 Å². The fraction of sp³-hybridized carbons (Fsp3) is 0.722. The van der Waals surface area contributed by atoms with Gasteiger partial charge in [0.05, 0.1) is 5.69 Å². The Hall–Kier alpha value is -1.56. The molecule has 0 spiro atoms. The van der Waals surface area contributed by atoms with Gasteiger partial charge in [-0.3, -0.25) is 9.89 Å². The SMILES string of the molecule is CN=C(NCCN(C)C(=O)OC(C)(C)C)N1CCN(Cc2ccon2)CC1.I. The summed E-state index contributed by atoms with van der Waals surface area (Å²) in [5.41, 5.74) is 0.469. The number of carbonyl (C=O) groups is 1. The molecule has 1 fully saturated rings. The average molecular weight is 508 g/mol. The summed E-state index contributed by atoms with van der Waals surface area (Å²) in [6, 6.07) is 1.90. The van der Waals surface area contributed by atoms with E-state index in [1.54, 1.807) is 25.3 Å². The van der Waals surface area contributed by atoms with E-state index in [0.29, 0.717) is 13.1 Å². The van der Waals surface area contributed by atoms with Crippen LogP contribution in [0.4, 0.5) is 4.79 Å². The molecular weight excluding hydrogens is 475 g/mol. The maximum Gasteiger partial charge on any atom is 0.410 e. The molecule has 1 aliphatic rings. The van der Waals surface area contributed by atoms with E-state index >= 15 is 0 Å². The van der Waals surface area contributed by atoms with Crippen LogP contribution in [0.1, 0.15) is 26.5 Å². The van der Waals surface area contributed by atoms with Gasteiger partial charge in [0.25, 0.3) is 0 Å². The van der Waals surface area contributed by atoms with Crippen LogP contribution in [0.5, 0.6) is 0 Å². The highest BCUT2D eigenvalue weighted by Gasteiger charge is 2.21. The molecule has 1 amide bonds. The zero-order valence-corrected chi connectivity index (χ0v) is 19.8. The Kier molecular flexibility index (Phi) is 10.0. The van der Waals surface area contributed by atoms with Crippen molar-refractivity contribution in [3.8, 4) is 0 Å². The third-order valence-electron chi connectivity index (χ3n) is 4.20. The number of halogens is 1. The van der Waals surface area contributed by atoms with Gasteiger partial charge < -0.3 is 24.4 Å². The van der Waals surface area contributed by atoms with Crippen molar-refractivity contribution in [2.45, 2.75) is 32.9 Å². The Morgan fingerprint density at radius 1 is 1.36 bits per heavy atom. The van der Waals surface area contributed by atoms with Crippen LogP contribution in [0.2, 0.25) is 0 Å². The molecule has 160 valence electrons. The Labute approximate surface area is 184 Å². The van der Waals surface area contributed by atoms with Gasteiger partial charge in [-0.25, -0.2) is 4.79 Å². The second-order valence-electron chi connectivity index (χ2n) is 7.63. The minimum Gasteiger partial charge on any atom is -0.444 e. The third kappa shape index (κ3) is 8.21. The number of rotatable bonds is 5. The van der Waals surface area contributed by atoms with Crippen LogP contribution in [-0.4, -0.2) is 90.9 Å². The molecule has 0 atom stereocenters. The van der Waals surface area contributed by atoms with E-state index in [1.807, 2.05) is 26.8 Å². The van der Waals surface area contributed by atoms with Crippen LogP contribution in [0, 0.1) is 0 Å². The van der Waals surface area contributed by atoms with Gasteiger partial charge in [0.15, 0.2) is 5.96 Å². The number of aliphatic imine (C=N–C) groups is 1. The highest BCUT2D eigenvalue weighted by molar-refractivity contribution is 14.0. The number of carbonyl (C=O) groups excluding carboxylic acids is 1. The monoisotopic (exact) mass is 508 g/mol. The number of hydrogen-bond acceptors (Lipinski definition) is 6. The van der Waals surface area contributed by atoms with Crippen LogP contribution < -0.4 is 5.32 Å². The lowest BCUT2D eigenvalue weighted by atomic mass is 10.2. The van der Waals surface area contributed by atoms with Crippen molar-refractivity contribution < 1.29 is 14.1 Å². The smallest absolute Gasteiger partial charge is 0.410 e. The molecule has 28 heavy (non-hydrogen) atoms. The molecule has 1 saturated heterocycles. The summed E-state index contributed by atoms with van der Waals surface area (Å²) in [5.74, 6) is 0.855. The van der Waals surface area contributed by atoms with E-state index in [4.69, 9.17) is 9.26 Å². The van der Waals surface area contributed by atoms with E-state index in [2.05, 4.69) is 25.3 Å². The predicted octanol–water partition coefficient (Wildman–Crippen LogP) is 1.85. The van der Waals surface area contributed by atoms with Crippen molar-refractivity contribution in [1.82, 2.24) is 25.2 Å². The minimum absolute atomic E-state index is 0. The quantitative estimate of drug-likeness (QED) is 0.369. The van der Waals surface area contributed by atoms with Gasteiger partial charge in [-0.15, -0.1) is 24.0 Å². The largest absolute Gasteiger partial charge is 0.444 e. The number of nitrogens with one attached hydrogen (secondary N) is 1. The molecule has 1 aromatic rings. The van der Waals surface area contributed by atoms with E-state index in [9.17, 15) is 4.79 Å². The first-order valence-electron chi connectivity index (χ1n) is 9.30. The second-order valence-corrected chi connectivity index (χ2v) is 7.63. The number of amides is 1. The van der Waals surface area contributed by atoms with Gasteiger partial charge in [-0.1, -0.05) is 5.16 Å². The molecule has 2 heterocycles. The summed E-state index contributed by atoms with van der Waals surface area (Å²) >= 11 is 0. The molecule has 0 saturated carbocycles. The van der Waals surface area contributed by atoms with Gasteiger partial charge in [-0.05, 0) is 20.8 Å². The summed E-state index contributed by atoms with van der Waals surface area (Å²) < 4.78 is 10.2. The standard InChI is InChI=1S/C18H32N6O3.HI/c1-18(2,3)27-17(25)22(5)8-7-20-16(19-4)24-11-9-23(10-12-24)14-15-6-13-26-21-15;/h6,13H,7-12,14H2,1-5H3,(H,19,20);1H. The van der Waals surface area contributed by atoms with Gasteiger partial charge in [0.1, 0.15) is 11.9 Å². The molecule has 2 rings (SSSR count). The van der Waals surface area contributed by atoms with Crippen LogP contribution >= 0.6 is 24.0 Å². The highest BCUT2D eigenvalue weighted by Crippen LogP contribution is 2.09. The Morgan fingerprint density at radius 2 is 2.04 bits per heavy atom. The summed E-state index contributed by atoms with van der Waals surface area (Å²) in [7, 11) is 3.52. The van der Waals surface area contributed by atoms with Gasteiger partial charge in [0, 0.05) is 66.0 Å². The van der Waals surface area contributed by atoms with E-state index in [-0.39, 0.29) is 30.1 Å². The average Bonchev–Trinajstić information content (AvgIpc) is 3.11. The van der Waals surface area contributed by atoms with Crippen molar-refractivity contribution in [1.29, 1.82) is 0 Å². The zero-order chi connectivity index (χ0) is 19.9. The first kappa shape index (κ1) is 24.5. The minimum atomic E-state index is -0.486. The fourth-order valence-electron chi connectivity index (χ4n) is 2.76. The molecule has 0 aliphatic carbocycles. The summed E-state index contributed by atoms with van der Waals surface area (Å²) in [4.78, 5) is 22.5. The van der Waals surface area contributed by atoms with Crippen molar-refractivity contribution >= 4 is 36.0 Å². The third-order valence-corrected chi connectivity index (χ3v) is 4.20. The molecule has 1 aliphatic heterocycles. The molecule has 0 radical (unpaired) electrons. The Morgan fingerprint density at radius 3 is 2.57 bits per heavy atom. The van der Waals surface area contributed by atoms with E-state index in [0.717, 1.165) is 44.4 Å². The van der Waals surface area contributed by atoms with E-state index in [1.165, 1.54) is 0 Å². The van der Waals surface area contributed by atoms with Crippen LogP contribution in [0.15, 0.2) is 21.8 Å². The lowest BCUT2D eigenvalue weighted by Gasteiger charge is -2.36. The second kappa shape index (κ2) is 11.4. The lowest BCUT2D eigenvalue weighted by Crippen LogP contribution is -2.53. The van der Waals surface area contributed by atoms with Crippen molar-refractivity contribution in [2.24, 2.45) is 4.99 Å². The number of hydrogen-bond donors (Lipinski definition) is 1. The molecule has 10 heteroatoms. The predicted molar refractivity (Wildman–Crippen MR) is 119 cm³/mol. The Bertz CT molecular complexity index is 609. The molecule has 9 nitrogen and oxygen atoms in total. The molecule has 0 unspecified atom stereocenters. The maximum absolute atomic E-state index is 12.0. The molecular formula is C18H33IN6O3. The summed E-state index contributed by atoms with van der Waals surface area (Å²) in [6.45, 7) is 11.2. The number of aromatic nitrogens is 1. The summed E-state index contributed by atoms with van der Waals surface area (Å²) in [5, 5.41) is 7.29. The normalized spacial score (nSPS) is 15.8. The molecule has 1 N–H and O–H groups in total. The van der Waals surface area contributed by atoms with Crippen molar-refractivity contribution in [2.75, 3.05) is 53.4 Å². The topological polar surface area (TPSA) is 86.4 Å². The van der Waals surface area contributed by atoms with Gasteiger partial charge in [-0.2, -0.15) is 0 Å². The maximum atomic E-state index is 12.0. The van der Waals surface area contributed by atoms with Crippen molar-refractivity contribution in [3.63, 3.8) is 0 Å². The molecule has 1 aromatic heterocycles. The molecule has 0 bridgehead atoms. The first-order valence-corrected chi connectivity index (χ1v) is 9.30. The van der Waals surface area contributed by atoms with Crippen LogP contribution in [-0.2, 0) is 11.3 Å². The van der Waals surface area contributed by atoms with E-state index < -0.39 is 5.60 Å². The van der Waals surface area contributed by atoms with Crippen molar-refractivity contribution in [3.05, 3.63) is 18.0 Å². The Balaban J connectivity index is 0.00000392. The fourth-order valence-corrected chi connectivity index (χ4v) is 2.76. The number of piperazine rings is 1. The van der Waals surface area contributed by atoms with Gasteiger partial charge >= 0.3 is 6.09 Å². The lowest BCUT2D eigenvalue weighted by molar-refractivity contribution is 0.0301. The van der Waals surface area contributed by atoms with Crippen LogP contribution in [0.25, 0.3) is 0 Å². The summed E-state index contributed by atoms with van der Waals surface area (Å²) in [6.07, 6.45) is 1.28. The highest BCUT2D eigenvalue weighted by atomic mass is 127. The number of likely N-dealkylation sites (N-methyl/N-ethyl adjacent to an activating group) is 1. The number of nitrogens with zero attached hydrogens (tertiary/aromatic N) is 5.